The van der Waals surface area contributed by atoms with E-state index in [0.29, 0.717) is 25.9 Å². The molecule has 0 aromatic heterocycles. The van der Waals surface area contributed by atoms with Gasteiger partial charge in [-0.1, -0.05) is 6.07 Å². The number of carbonyl (C=O) groups excluding carboxylic acids is 1. The molecule has 0 radical (unpaired) electrons. The molecular formula is C14H20F2N2O3. The maximum Gasteiger partial charge on any atom is 0.387 e. The fourth-order valence-electron chi connectivity index (χ4n) is 1.73. The molecule has 0 aliphatic heterocycles. The SMILES string of the molecule is CNCCC(=O)NCCc1ccc(OC(F)F)c(OC)c1. The molecule has 21 heavy (non-hydrogen) atoms. The summed E-state index contributed by atoms with van der Waals surface area (Å²) in [5.74, 6) is 0.206. The van der Waals surface area contributed by atoms with Crippen LogP contribution in [0.4, 0.5) is 8.78 Å². The molecule has 7 heteroatoms. The second-order valence-corrected chi connectivity index (χ2v) is 4.32. The number of alkyl halides is 2. The molecule has 1 rings (SSSR count). The number of hydrogen-bond acceptors (Lipinski definition) is 4. The summed E-state index contributed by atoms with van der Waals surface area (Å²) in [6, 6.07) is 4.72. The van der Waals surface area contributed by atoms with E-state index in [9.17, 15) is 13.6 Å². The van der Waals surface area contributed by atoms with Gasteiger partial charge in [0.2, 0.25) is 5.91 Å². The van der Waals surface area contributed by atoms with Gasteiger partial charge in [-0.2, -0.15) is 8.78 Å². The van der Waals surface area contributed by atoms with Crippen molar-refractivity contribution in [3.05, 3.63) is 23.8 Å². The van der Waals surface area contributed by atoms with Crippen LogP contribution in [0.5, 0.6) is 11.5 Å². The molecule has 1 aromatic carbocycles. The first-order chi connectivity index (χ1) is 10.1. The summed E-state index contributed by atoms with van der Waals surface area (Å²) in [7, 11) is 3.17. The molecule has 0 aliphatic carbocycles. The summed E-state index contributed by atoms with van der Waals surface area (Å²) in [5, 5.41) is 5.67. The Labute approximate surface area is 122 Å². The molecule has 1 aromatic rings. The molecule has 0 spiro atoms. The third-order valence-electron chi connectivity index (χ3n) is 2.78. The van der Waals surface area contributed by atoms with Gasteiger partial charge in [0.05, 0.1) is 7.11 Å². The molecular weight excluding hydrogens is 282 g/mol. The number of amides is 1. The Hall–Kier alpha value is -1.89. The molecule has 0 aliphatic rings. The summed E-state index contributed by atoms with van der Waals surface area (Å²) in [6.45, 7) is -1.80. The average Bonchev–Trinajstić information content (AvgIpc) is 2.46. The first-order valence-electron chi connectivity index (χ1n) is 6.60. The number of ether oxygens (including phenoxy) is 2. The number of carbonyl (C=O) groups is 1. The minimum atomic E-state index is -2.89. The Kier molecular flexibility index (Phi) is 7.45. The Balaban J connectivity index is 2.50. The molecule has 0 fully saturated rings. The van der Waals surface area contributed by atoms with Gasteiger partial charge in [0.1, 0.15) is 0 Å². The molecule has 2 N–H and O–H groups in total. The number of halogens is 2. The highest BCUT2D eigenvalue weighted by atomic mass is 19.3. The van der Waals surface area contributed by atoms with Gasteiger partial charge in [0.25, 0.3) is 0 Å². The highest BCUT2D eigenvalue weighted by molar-refractivity contribution is 5.76. The van der Waals surface area contributed by atoms with Crippen LogP contribution in [-0.4, -0.2) is 39.8 Å². The highest BCUT2D eigenvalue weighted by Crippen LogP contribution is 2.29. The van der Waals surface area contributed by atoms with Crippen molar-refractivity contribution in [1.82, 2.24) is 10.6 Å². The molecule has 0 atom stereocenters. The fourth-order valence-corrected chi connectivity index (χ4v) is 1.73. The summed E-state index contributed by atoms with van der Waals surface area (Å²) < 4.78 is 33.8. The maximum absolute atomic E-state index is 12.2. The van der Waals surface area contributed by atoms with Gasteiger partial charge in [-0.3, -0.25) is 4.79 Å². The van der Waals surface area contributed by atoms with Crippen molar-refractivity contribution >= 4 is 5.91 Å². The van der Waals surface area contributed by atoms with Gasteiger partial charge in [0.15, 0.2) is 11.5 Å². The molecule has 0 unspecified atom stereocenters. The lowest BCUT2D eigenvalue weighted by atomic mass is 10.1. The van der Waals surface area contributed by atoms with Crippen molar-refractivity contribution in [2.75, 3.05) is 27.2 Å². The van der Waals surface area contributed by atoms with Crippen molar-refractivity contribution in [2.24, 2.45) is 0 Å². The Morgan fingerprint density at radius 3 is 2.67 bits per heavy atom. The number of rotatable bonds is 9. The molecule has 118 valence electrons. The van der Waals surface area contributed by atoms with Gasteiger partial charge in [-0.25, -0.2) is 0 Å². The van der Waals surface area contributed by atoms with E-state index >= 15 is 0 Å². The van der Waals surface area contributed by atoms with Gasteiger partial charge < -0.3 is 20.1 Å². The first-order valence-corrected chi connectivity index (χ1v) is 6.60. The van der Waals surface area contributed by atoms with E-state index in [1.54, 1.807) is 19.2 Å². The lowest BCUT2D eigenvalue weighted by molar-refractivity contribution is -0.120. The quantitative estimate of drug-likeness (QED) is 0.727. The predicted molar refractivity (Wildman–Crippen MR) is 74.9 cm³/mol. The van der Waals surface area contributed by atoms with Gasteiger partial charge in [0, 0.05) is 19.5 Å². The van der Waals surface area contributed by atoms with Crippen LogP contribution in [0, 0.1) is 0 Å². The Morgan fingerprint density at radius 2 is 2.05 bits per heavy atom. The molecule has 5 nitrogen and oxygen atoms in total. The van der Waals surface area contributed by atoms with Crippen molar-refractivity contribution < 1.29 is 23.0 Å². The molecule has 1 amide bonds. The number of hydrogen-bond donors (Lipinski definition) is 2. The summed E-state index contributed by atoms with van der Waals surface area (Å²) >= 11 is 0. The zero-order valence-electron chi connectivity index (χ0n) is 12.1. The Bertz CT molecular complexity index is 456. The van der Waals surface area contributed by atoms with E-state index in [-0.39, 0.29) is 17.4 Å². The van der Waals surface area contributed by atoms with E-state index in [0.717, 1.165) is 5.56 Å². The van der Waals surface area contributed by atoms with Crippen LogP contribution >= 0.6 is 0 Å². The van der Waals surface area contributed by atoms with Crippen molar-refractivity contribution in [2.45, 2.75) is 19.5 Å². The average molecular weight is 302 g/mol. The van der Waals surface area contributed by atoms with Gasteiger partial charge >= 0.3 is 6.61 Å². The second kappa shape index (κ2) is 9.12. The fraction of sp³-hybridized carbons (Fsp3) is 0.500. The summed E-state index contributed by atoms with van der Waals surface area (Å²) in [5.41, 5.74) is 0.863. The third-order valence-corrected chi connectivity index (χ3v) is 2.78. The largest absolute Gasteiger partial charge is 0.493 e. The zero-order valence-corrected chi connectivity index (χ0v) is 12.1. The van der Waals surface area contributed by atoms with Crippen molar-refractivity contribution in [3.63, 3.8) is 0 Å². The maximum atomic E-state index is 12.2. The van der Waals surface area contributed by atoms with Crippen LogP contribution in [0.3, 0.4) is 0 Å². The molecule has 0 saturated heterocycles. The van der Waals surface area contributed by atoms with Crippen LogP contribution in [0.1, 0.15) is 12.0 Å². The molecule has 0 saturated carbocycles. The molecule has 0 bridgehead atoms. The third kappa shape index (κ3) is 6.40. The van der Waals surface area contributed by atoms with E-state index < -0.39 is 6.61 Å². The monoisotopic (exact) mass is 302 g/mol. The van der Waals surface area contributed by atoms with Crippen LogP contribution in [0.15, 0.2) is 18.2 Å². The Morgan fingerprint density at radius 1 is 1.29 bits per heavy atom. The minimum absolute atomic E-state index is 0.00527. The van der Waals surface area contributed by atoms with E-state index in [1.165, 1.54) is 13.2 Å². The van der Waals surface area contributed by atoms with Crippen molar-refractivity contribution in [3.8, 4) is 11.5 Å². The van der Waals surface area contributed by atoms with Gasteiger partial charge in [-0.05, 0) is 31.2 Å². The van der Waals surface area contributed by atoms with Crippen LogP contribution in [0.25, 0.3) is 0 Å². The van der Waals surface area contributed by atoms with Crippen LogP contribution in [-0.2, 0) is 11.2 Å². The van der Waals surface area contributed by atoms with Gasteiger partial charge in [-0.15, -0.1) is 0 Å². The van der Waals surface area contributed by atoms with E-state index in [1.807, 2.05) is 0 Å². The van der Waals surface area contributed by atoms with E-state index in [2.05, 4.69) is 15.4 Å². The van der Waals surface area contributed by atoms with Crippen LogP contribution < -0.4 is 20.1 Å². The van der Waals surface area contributed by atoms with Crippen LogP contribution in [0.2, 0.25) is 0 Å². The normalized spacial score (nSPS) is 10.5. The zero-order chi connectivity index (χ0) is 15.7. The summed E-state index contributed by atoms with van der Waals surface area (Å²) in [6.07, 6.45) is 0.998. The number of nitrogens with one attached hydrogen (secondary N) is 2. The lowest BCUT2D eigenvalue weighted by Crippen LogP contribution is -2.28. The lowest BCUT2D eigenvalue weighted by Gasteiger charge is -2.11. The highest BCUT2D eigenvalue weighted by Gasteiger charge is 2.11. The topological polar surface area (TPSA) is 59.6 Å². The van der Waals surface area contributed by atoms with E-state index in [4.69, 9.17) is 4.74 Å². The summed E-state index contributed by atoms with van der Waals surface area (Å²) in [4.78, 5) is 11.4. The smallest absolute Gasteiger partial charge is 0.387 e. The van der Waals surface area contributed by atoms with Crippen molar-refractivity contribution in [1.29, 1.82) is 0 Å². The molecule has 0 heterocycles. The first kappa shape index (κ1) is 17.2. The number of methoxy groups -OCH3 is 1. The standard InChI is InChI=1S/C14H20F2N2O3/c1-17-7-6-13(19)18-8-5-10-3-4-11(21-14(15)16)12(9-10)20-2/h3-4,9,14,17H,5-8H2,1-2H3,(H,18,19). The second-order valence-electron chi connectivity index (χ2n) is 4.32. The predicted octanol–water partition coefficient (Wildman–Crippen LogP) is 1.56. The number of benzene rings is 1. The minimum Gasteiger partial charge on any atom is -0.493 e.